The molecule has 22 heteroatoms. The van der Waals surface area contributed by atoms with E-state index in [1.165, 1.54) is 42.6 Å². The van der Waals surface area contributed by atoms with Crippen molar-refractivity contribution in [3.63, 3.8) is 0 Å². The Morgan fingerprint density at radius 3 is 1.39 bits per heavy atom. The Kier molecular flexibility index (Phi) is 11.6. The van der Waals surface area contributed by atoms with E-state index in [1.54, 1.807) is 27.3 Å². The van der Waals surface area contributed by atoms with Gasteiger partial charge in [0, 0.05) is 86.0 Å². The van der Waals surface area contributed by atoms with Crippen molar-refractivity contribution in [2.75, 3.05) is 66.9 Å². The van der Waals surface area contributed by atoms with Gasteiger partial charge in [-0.2, -0.15) is 26.3 Å². The molecule has 49 heavy (non-hydrogen) atoms. The molecule has 1 N–H and O–H groups in total. The summed E-state index contributed by atoms with van der Waals surface area (Å²) in [6.45, 7) is 0.718. The minimum atomic E-state index is -4.87. The van der Waals surface area contributed by atoms with E-state index in [2.05, 4.69) is 9.71 Å². The highest BCUT2D eigenvalue weighted by atomic mass is 35.7. The van der Waals surface area contributed by atoms with Crippen molar-refractivity contribution < 1.29 is 52.8 Å². The van der Waals surface area contributed by atoms with Gasteiger partial charge in [0.25, 0.3) is 19.1 Å². The molecule has 5 rings (SSSR count). The zero-order valence-corrected chi connectivity index (χ0v) is 28.2. The number of anilines is 3. The van der Waals surface area contributed by atoms with E-state index in [1.807, 2.05) is 0 Å². The number of benzene rings is 2. The van der Waals surface area contributed by atoms with Crippen LogP contribution in [-0.2, 0) is 28.7 Å². The predicted octanol–water partition coefficient (Wildman–Crippen LogP) is 3.98. The third-order valence-corrected chi connectivity index (χ3v) is 10.8. The average Bonchev–Trinajstić information content (AvgIpc) is 3.56. The molecule has 0 bridgehead atoms. The van der Waals surface area contributed by atoms with E-state index in [-0.39, 0.29) is 67.3 Å². The number of sulfonamides is 1. The first-order valence-corrected chi connectivity index (χ1v) is 18.7. The maximum atomic E-state index is 12.5. The van der Waals surface area contributed by atoms with E-state index in [0.29, 0.717) is 11.4 Å². The van der Waals surface area contributed by atoms with Crippen molar-refractivity contribution in [3.05, 3.63) is 60.1 Å². The second-order valence-electron chi connectivity index (χ2n) is 10.4. The molecule has 1 aromatic heterocycles. The number of rotatable bonds is 6. The lowest BCUT2D eigenvalue weighted by Crippen LogP contribution is -2.52. The molecule has 0 radical (unpaired) electrons. The van der Waals surface area contributed by atoms with Crippen LogP contribution in [0.4, 0.5) is 42.8 Å². The van der Waals surface area contributed by atoms with E-state index < -0.39 is 43.2 Å². The number of hydrogen-bond donors (Lipinski definition) is 1. The molecular weight excluding hydrogens is 750 g/mol. The maximum absolute atomic E-state index is 12.5. The summed E-state index contributed by atoms with van der Waals surface area (Å²) in [5.74, 6) is -3.67. The van der Waals surface area contributed by atoms with Crippen molar-refractivity contribution in [3.8, 4) is 0 Å². The molecule has 2 amide bonds. The van der Waals surface area contributed by atoms with Gasteiger partial charge in [0.2, 0.25) is 0 Å². The molecule has 0 atom stereocenters. The number of carbonyl (C=O) groups excluding carboxylic acids is 2. The third kappa shape index (κ3) is 10.1. The number of hydrogen-bond acceptors (Lipinski definition) is 10. The Hall–Kier alpha value is -3.82. The molecule has 2 aliphatic rings. The lowest BCUT2D eigenvalue weighted by molar-refractivity contribution is -0.185. The summed E-state index contributed by atoms with van der Waals surface area (Å²) in [6.07, 6.45) is -8.25. The maximum Gasteiger partial charge on any atom is 0.471 e. The highest BCUT2D eigenvalue weighted by Gasteiger charge is 2.44. The Morgan fingerprint density at radius 1 is 0.673 bits per heavy atom. The minimum absolute atomic E-state index is 0.0477. The normalized spacial score (nSPS) is 16.1. The second kappa shape index (κ2) is 15.0. The third-order valence-electron chi connectivity index (χ3n) is 7.27. The van der Waals surface area contributed by atoms with Crippen LogP contribution in [-0.4, -0.2) is 108 Å². The van der Waals surface area contributed by atoms with Gasteiger partial charge >= 0.3 is 24.2 Å². The topological polar surface area (TPSA) is 140 Å². The molecule has 2 saturated heterocycles. The predicted molar refractivity (Wildman–Crippen MR) is 169 cm³/mol. The largest absolute Gasteiger partial charge is 0.471 e. The molecule has 0 unspecified atom stereocenters. The van der Waals surface area contributed by atoms with Crippen LogP contribution in [0.5, 0.6) is 0 Å². The van der Waals surface area contributed by atoms with Gasteiger partial charge < -0.3 is 19.6 Å². The van der Waals surface area contributed by atoms with Crippen molar-refractivity contribution in [2.45, 2.75) is 22.1 Å². The Balaban J connectivity index is 0.000000226. The van der Waals surface area contributed by atoms with E-state index >= 15 is 0 Å². The fourth-order valence-electron chi connectivity index (χ4n) is 4.80. The van der Waals surface area contributed by atoms with Crippen LogP contribution < -0.4 is 14.5 Å². The monoisotopic (exact) mass is 776 g/mol. The van der Waals surface area contributed by atoms with Crippen LogP contribution in [0.15, 0.2) is 69.9 Å². The highest BCUT2D eigenvalue weighted by Crippen LogP contribution is 2.26. The van der Waals surface area contributed by atoms with E-state index in [9.17, 15) is 52.8 Å². The zero-order chi connectivity index (χ0) is 36.2. The van der Waals surface area contributed by atoms with Crippen LogP contribution in [0, 0.1) is 0 Å². The molecule has 3 heterocycles. The molecule has 12 nitrogen and oxygen atoms in total. The number of nitrogens with one attached hydrogen (secondary N) is 1. The number of piperazine rings is 2. The summed E-state index contributed by atoms with van der Waals surface area (Å²) in [6, 6.07) is 11.7. The van der Waals surface area contributed by atoms with Crippen molar-refractivity contribution >= 4 is 69.4 Å². The van der Waals surface area contributed by atoms with Gasteiger partial charge in [0.15, 0.2) is 5.13 Å². The number of amides is 2. The van der Waals surface area contributed by atoms with Crippen molar-refractivity contribution in [2.24, 2.45) is 0 Å². The number of thiazole rings is 1. The SMILES string of the molecule is O=C(N1CCN(c2ccc(S(=O)(=O)Cl)cc2)CC1)C(F)(F)F.O=C(N1CCN(c2ccc(S(=O)(=O)Nc3nccs3)cc2)CC1)C(F)(F)F. The molecule has 0 spiro atoms. The van der Waals surface area contributed by atoms with Crippen molar-refractivity contribution in [1.82, 2.24) is 14.8 Å². The first kappa shape index (κ1) is 38.0. The molecule has 2 fully saturated rings. The Morgan fingerprint density at radius 2 is 1.06 bits per heavy atom. The summed E-state index contributed by atoms with van der Waals surface area (Å²) in [4.78, 5) is 31.3. The number of alkyl halides is 6. The fraction of sp³-hybridized carbons (Fsp3) is 0.370. The number of nitrogens with zero attached hydrogens (tertiary/aromatic N) is 5. The summed E-state index contributed by atoms with van der Waals surface area (Å²) in [7, 11) is -2.38. The number of aromatic nitrogens is 1. The molecule has 3 aromatic rings. The molecule has 0 aliphatic carbocycles. The Labute approximate surface area is 285 Å². The summed E-state index contributed by atoms with van der Waals surface area (Å²) in [5.41, 5.74) is 1.32. The quantitative estimate of drug-likeness (QED) is 0.291. The molecular formula is C27H27ClF6N6O6S3. The Bertz CT molecular complexity index is 1810. The highest BCUT2D eigenvalue weighted by molar-refractivity contribution is 8.13. The lowest BCUT2D eigenvalue weighted by atomic mass is 10.2. The number of carbonyl (C=O) groups is 2. The van der Waals surface area contributed by atoms with Gasteiger partial charge in [-0.1, -0.05) is 0 Å². The fourth-order valence-corrected chi connectivity index (χ4v) is 7.36. The first-order chi connectivity index (χ1) is 22.8. The molecule has 268 valence electrons. The lowest BCUT2D eigenvalue weighted by Gasteiger charge is -2.36. The molecule has 2 aromatic carbocycles. The average molecular weight is 777 g/mol. The summed E-state index contributed by atoms with van der Waals surface area (Å²) in [5, 5.41) is 1.90. The van der Waals surface area contributed by atoms with Gasteiger partial charge in [-0.05, 0) is 48.5 Å². The molecule has 0 saturated carbocycles. The zero-order valence-electron chi connectivity index (χ0n) is 25.0. The van der Waals surface area contributed by atoms with Gasteiger partial charge in [0.1, 0.15) is 0 Å². The van der Waals surface area contributed by atoms with Crippen LogP contribution >= 0.6 is 22.0 Å². The van der Waals surface area contributed by atoms with E-state index in [4.69, 9.17) is 10.7 Å². The van der Waals surface area contributed by atoms with Gasteiger partial charge in [0.05, 0.1) is 9.79 Å². The summed E-state index contributed by atoms with van der Waals surface area (Å²) >= 11 is 1.15. The smallest absolute Gasteiger partial charge is 0.368 e. The second-order valence-corrected chi connectivity index (χ2v) is 15.6. The van der Waals surface area contributed by atoms with Crippen LogP contribution in [0.25, 0.3) is 0 Å². The first-order valence-electron chi connectivity index (χ1n) is 14.0. The molecule has 2 aliphatic heterocycles. The van der Waals surface area contributed by atoms with Crippen LogP contribution in [0.1, 0.15) is 0 Å². The summed E-state index contributed by atoms with van der Waals surface area (Å²) < 4.78 is 124. The van der Waals surface area contributed by atoms with E-state index in [0.717, 1.165) is 21.1 Å². The van der Waals surface area contributed by atoms with Crippen LogP contribution in [0.2, 0.25) is 0 Å². The van der Waals surface area contributed by atoms with Crippen molar-refractivity contribution in [1.29, 1.82) is 0 Å². The minimum Gasteiger partial charge on any atom is -0.368 e. The van der Waals surface area contributed by atoms with Crippen LogP contribution in [0.3, 0.4) is 0 Å². The number of halogens is 7. The standard InChI is InChI=1S/C15H15F3N4O3S2.C12H12ClF3N2O3S/c16-15(17,18)13(23)22-8-6-21(7-9-22)11-1-3-12(4-2-11)27(24,25)20-14-19-5-10-26-14;13-22(20,21)10-3-1-9(2-4-10)17-5-7-18(8-6-17)11(19)12(14,15)16/h1-5,10H,6-9H2,(H,19,20);1-4H,5-8H2. The van der Waals surface area contributed by atoms with Gasteiger partial charge in [-0.25, -0.2) is 21.8 Å². The van der Waals surface area contributed by atoms with Gasteiger partial charge in [-0.15, -0.1) is 11.3 Å². The van der Waals surface area contributed by atoms with Gasteiger partial charge in [-0.3, -0.25) is 14.3 Å².